The lowest BCUT2D eigenvalue weighted by molar-refractivity contribution is -0.188. The number of amides is 2. The van der Waals surface area contributed by atoms with Gasteiger partial charge in [-0.3, -0.25) is 9.59 Å². The molecule has 0 bridgehead atoms. The van der Waals surface area contributed by atoms with Crippen molar-refractivity contribution in [3.05, 3.63) is 0 Å². The Bertz CT molecular complexity index is 225. The molecule has 0 aliphatic heterocycles. The highest BCUT2D eigenvalue weighted by Gasteiger charge is 2.34. The predicted molar refractivity (Wildman–Crippen MR) is 48.8 cm³/mol. The summed E-state index contributed by atoms with van der Waals surface area (Å²) in [6.45, 7) is 4.01. The minimum Gasteiger partial charge on any atom is -0.369 e. The smallest absolute Gasteiger partial charge is 0.280 e. The van der Waals surface area contributed by atoms with Crippen LogP contribution in [0.3, 0.4) is 0 Å². The second-order valence-electron chi connectivity index (χ2n) is 3.56. The van der Waals surface area contributed by atoms with Crippen LogP contribution in [0.15, 0.2) is 0 Å². The number of hydrogen-bond donors (Lipinski definition) is 4. The largest absolute Gasteiger partial charge is 0.369 e. The van der Waals surface area contributed by atoms with Crippen LogP contribution in [-0.2, 0) is 9.59 Å². The Kier molecular flexibility index (Phi) is 4.52. The van der Waals surface area contributed by atoms with Gasteiger partial charge in [-0.15, -0.1) is 0 Å². The normalized spacial score (nSPS) is 11.5. The van der Waals surface area contributed by atoms with Gasteiger partial charge in [-0.05, 0) is 5.92 Å². The zero-order chi connectivity index (χ0) is 11.4. The number of carbonyl (C=O) groups is 2. The Balaban J connectivity index is 4.14. The predicted octanol–water partition coefficient (Wildman–Crippen LogP) is -1.69. The molecule has 5 N–H and O–H groups in total. The highest BCUT2D eigenvalue weighted by Crippen LogP contribution is 2.05. The van der Waals surface area contributed by atoms with Crippen molar-refractivity contribution in [2.45, 2.75) is 26.1 Å². The molecule has 0 heterocycles. The van der Waals surface area contributed by atoms with E-state index in [1.165, 1.54) is 0 Å². The summed E-state index contributed by atoms with van der Waals surface area (Å²) in [5, 5.41) is 20.5. The topological polar surface area (TPSA) is 113 Å². The van der Waals surface area contributed by atoms with Gasteiger partial charge in [0, 0.05) is 6.54 Å². The molecule has 6 nitrogen and oxygen atoms in total. The second kappa shape index (κ2) is 4.92. The summed E-state index contributed by atoms with van der Waals surface area (Å²) < 4.78 is 0. The summed E-state index contributed by atoms with van der Waals surface area (Å²) in [5.41, 5.74) is 4.73. The average molecular weight is 204 g/mol. The zero-order valence-corrected chi connectivity index (χ0v) is 8.28. The molecule has 0 radical (unpaired) electrons. The van der Waals surface area contributed by atoms with E-state index in [0.29, 0.717) is 6.54 Å². The van der Waals surface area contributed by atoms with Gasteiger partial charge in [0.05, 0.1) is 6.42 Å². The molecule has 0 saturated heterocycles. The van der Waals surface area contributed by atoms with Crippen molar-refractivity contribution in [1.29, 1.82) is 0 Å². The van der Waals surface area contributed by atoms with Gasteiger partial charge in [0.15, 0.2) is 0 Å². The van der Waals surface area contributed by atoms with Gasteiger partial charge in [-0.25, -0.2) is 0 Å². The standard InChI is InChI=1S/C8H16N2O4/c1-5(2)4-10-7(12)8(13,14)3-6(9)11/h5,13-14H,3-4H2,1-2H3,(H2,9,11)(H,10,12). The Labute approximate surface area is 82.1 Å². The van der Waals surface area contributed by atoms with Crippen molar-refractivity contribution in [2.24, 2.45) is 11.7 Å². The van der Waals surface area contributed by atoms with Crippen LogP contribution in [-0.4, -0.2) is 34.4 Å². The van der Waals surface area contributed by atoms with Gasteiger partial charge in [-0.2, -0.15) is 0 Å². The molecule has 0 atom stereocenters. The first-order valence-corrected chi connectivity index (χ1v) is 4.27. The van der Waals surface area contributed by atoms with Crippen molar-refractivity contribution in [1.82, 2.24) is 5.32 Å². The molecule has 0 rings (SSSR count). The van der Waals surface area contributed by atoms with Crippen molar-refractivity contribution in [3.8, 4) is 0 Å². The lowest BCUT2D eigenvalue weighted by atomic mass is 10.1. The maximum absolute atomic E-state index is 11.1. The highest BCUT2D eigenvalue weighted by molar-refractivity contribution is 5.88. The van der Waals surface area contributed by atoms with Crippen molar-refractivity contribution in [2.75, 3.05) is 6.54 Å². The van der Waals surface area contributed by atoms with Crippen molar-refractivity contribution >= 4 is 11.8 Å². The highest BCUT2D eigenvalue weighted by atomic mass is 16.5. The molecule has 0 aliphatic rings. The molecule has 0 saturated carbocycles. The Morgan fingerprint density at radius 2 is 1.93 bits per heavy atom. The molecular formula is C8H16N2O4. The van der Waals surface area contributed by atoms with Gasteiger partial charge in [0.1, 0.15) is 0 Å². The molecule has 0 spiro atoms. The third kappa shape index (κ3) is 4.78. The minimum absolute atomic E-state index is 0.184. The molecule has 0 aromatic rings. The SMILES string of the molecule is CC(C)CNC(=O)C(O)(O)CC(N)=O. The molecule has 0 aromatic heterocycles. The fourth-order valence-corrected chi connectivity index (χ4v) is 0.762. The second-order valence-corrected chi connectivity index (χ2v) is 3.56. The Morgan fingerprint density at radius 3 is 2.29 bits per heavy atom. The molecule has 0 aliphatic carbocycles. The van der Waals surface area contributed by atoms with E-state index in [1.807, 2.05) is 13.8 Å². The summed E-state index contributed by atoms with van der Waals surface area (Å²) in [4.78, 5) is 21.5. The van der Waals surface area contributed by atoms with E-state index in [9.17, 15) is 9.59 Å². The Morgan fingerprint density at radius 1 is 1.43 bits per heavy atom. The van der Waals surface area contributed by atoms with Gasteiger partial charge in [0.25, 0.3) is 11.7 Å². The van der Waals surface area contributed by atoms with Crippen LogP contribution in [0.25, 0.3) is 0 Å². The van der Waals surface area contributed by atoms with Crippen LogP contribution in [0.4, 0.5) is 0 Å². The lowest BCUT2D eigenvalue weighted by Crippen LogP contribution is -2.49. The van der Waals surface area contributed by atoms with E-state index in [1.54, 1.807) is 0 Å². The first-order chi connectivity index (χ1) is 6.25. The Hall–Kier alpha value is -1.14. The average Bonchev–Trinajstić information content (AvgIpc) is 1.97. The number of rotatable bonds is 5. The monoisotopic (exact) mass is 204 g/mol. The molecule has 6 heteroatoms. The van der Waals surface area contributed by atoms with Crippen LogP contribution < -0.4 is 11.1 Å². The third-order valence-corrected chi connectivity index (χ3v) is 1.46. The number of hydrogen-bond acceptors (Lipinski definition) is 4. The number of nitrogens with two attached hydrogens (primary N) is 1. The molecule has 82 valence electrons. The minimum atomic E-state index is -2.71. The van der Waals surface area contributed by atoms with Gasteiger partial charge in [-0.1, -0.05) is 13.8 Å². The van der Waals surface area contributed by atoms with Crippen molar-refractivity contribution < 1.29 is 19.8 Å². The number of nitrogens with one attached hydrogen (secondary N) is 1. The van der Waals surface area contributed by atoms with Gasteiger partial charge >= 0.3 is 0 Å². The summed E-state index contributed by atoms with van der Waals surface area (Å²) in [7, 11) is 0. The van der Waals surface area contributed by atoms with E-state index in [4.69, 9.17) is 15.9 Å². The fraction of sp³-hybridized carbons (Fsp3) is 0.750. The van der Waals surface area contributed by atoms with Crippen LogP contribution in [0.1, 0.15) is 20.3 Å². The summed E-state index contributed by atoms with van der Waals surface area (Å²) in [6.07, 6.45) is -0.809. The van der Waals surface area contributed by atoms with E-state index in [2.05, 4.69) is 5.32 Å². The molecule has 14 heavy (non-hydrogen) atoms. The number of primary amides is 1. The lowest BCUT2D eigenvalue weighted by Gasteiger charge is -2.19. The zero-order valence-electron chi connectivity index (χ0n) is 8.28. The molecule has 0 aromatic carbocycles. The number of aliphatic hydroxyl groups is 2. The summed E-state index contributed by atoms with van der Waals surface area (Å²) in [5.74, 6) is -4.48. The van der Waals surface area contributed by atoms with E-state index in [0.717, 1.165) is 0 Å². The van der Waals surface area contributed by atoms with Gasteiger partial charge in [0.2, 0.25) is 5.91 Å². The van der Waals surface area contributed by atoms with E-state index in [-0.39, 0.29) is 5.92 Å². The van der Waals surface area contributed by atoms with Crippen LogP contribution in [0, 0.1) is 5.92 Å². The molecule has 0 unspecified atom stereocenters. The molecule has 0 fully saturated rings. The van der Waals surface area contributed by atoms with Crippen LogP contribution in [0.5, 0.6) is 0 Å². The first kappa shape index (κ1) is 12.9. The van der Waals surface area contributed by atoms with Crippen LogP contribution >= 0.6 is 0 Å². The molecular weight excluding hydrogens is 188 g/mol. The van der Waals surface area contributed by atoms with E-state index < -0.39 is 24.0 Å². The van der Waals surface area contributed by atoms with Gasteiger partial charge < -0.3 is 21.3 Å². The number of carbonyl (C=O) groups excluding carboxylic acids is 2. The summed E-state index contributed by atoms with van der Waals surface area (Å²) in [6, 6.07) is 0. The quantitative estimate of drug-likeness (QED) is 0.400. The maximum atomic E-state index is 11.1. The third-order valence-electron chi connectivity index (χ3n) is 1.46. The van der Waals surface area contributed by atoms with Crippen molar-refractivity contribution in [3.63, 3.8) is 0 Å². The fourth-order valence-electron chi connectivity index (χ4n) is 0.762. The summed E-state index contributed by atoms with van der Waals surface area (Å²) >= 11 is 0. The first-order valence-electron chi connectivity index (χ1n) is 4.27. The maximum Gasteiger partial charge on any atom is 0.280 e. The van der Waals surface area contributed by atoms with Crippen LogP contribution in [0.2, 0.25) is 0 Å². The molecule has 2 amide bonds. The van der Waals surface area contributed by atoms with E-state index >= 15 is 0 Å².